The fourth-order valence-corrected chi connectivity index (χ4v) is 3.87. The van der Waals surface area contributed by atoms with Crippen molar-refractivity contribution < 1.29 is 9.59 Å². The van der Waals surface area contributed by atoms with Gasteiger partial charge in [-0.3, -0.25) is 14.5 Å². The monoisotopic (exact) mass is 431 g/mol. The summed E-state index contributed by atoms with van der Waals surface area (Å²) in [6.45, 7) is 3.61. The number of rotatable bonds is 5. The van der Waals surface area contributed by atoms with Gasteiger partial charge >= 0.3 is 0 Å². The molecule has 0 bridgehead atoms. The van der Waals surface area contributed by atoms with Gasteiger partial charge in [-0.15, -0.1) is 0 Å². The predicted molar refractivity (Wildman–Crippen MR) is 115 cm³/mol. The van der Waals surface area contributed by atoms with Crippen LogP contribution in [0.4, 0.5) is 5.69 Å². The number of amides is 2. The van der Waals surface area contributed by atoms with Gasteiger partial charge in [-0.2, -0.15) is 0 Å². The zero-order valence-corrected chi connectivity index (χ0v) is 17.5. The van der Waals surface area contributed by atoms with Crippen LogP contribution < -0.4 is 5.32 Å². The van der Waals surface area contributed by atoms with Crippen molar-refractivity contribution in [1.82, 2.24) is 9.80 Å². The Bertz CT molecular complexity index is 905. The molecule has 1 N–H and O–H groups in total. The highest BCUT2D eigenvalue weighted by Gasteiger charge is 2.29. The van der Waals surface area contributed by atoms with Gasteiger partial charge in [0.2, 0.25) is 5.91 Å². The molecular weight excluding hydrogens is 409 g/mol. The number of benzene rings is 2. The summed E-state index contributed by atoms with van der Waals surface area (Å²) in [4.78, 5) is 28.8. The van der Waals surface area contributed by atoms with Crippen LogP contribution in [0.5, 0.6) is 0 Å². The first-order chi connectivity index (χ1) is 14.0. The number of hydrogen-bond donors (Lipinski definition) is 1. The van der Waals surface area contributed by atoms with Crippen molar-refractivity contribution >= 4 is 40.7 Å². The summed E-state index contributed by atoms with van der Waals surface area (Å²) in [7, 11) is 0. The van der Waals surface area contributed by atoms with Gasteiger partial charge in [0.15, 0.2) is 0 Å². The minimum absolute atomic E-state index is 0.0190. The molecule has 0 atom stereocenters. The van der Waals surface area contributed by atoms with Gasteiger partial charge < -0.3 is 10.2 Å². The van der Waals surface area contributed by atoms with E-state index in [9.17, 15) is 9.59 Å². The van der Waals surface area contributed by atoms with Gasteiger partial charge in [0.25, 0.3) is 5.91 Å². The van der Waals surface area contributed by atoms with Gasteiger partial charge in [0, 0.05) is 49.9 Å². The van der Waals surface area contributed by atoms with Crippen molar-refractivity contribution in [3.63, 3.8) is 0 Å². The number of halogens is 2. The summed E-state index contributed by atoms with van der Waals surface area (Å²) in [5, 5.41) is 4.06. The Morgan fingerprint density at radius 3 is 2.31 bits per heavy atom. The number of piperazine rings is 1. The van der Waals surface area contributed by atoms with Crippen LogP contribution in [0.15, 0.2) is 42.5 Å². The average Bonchev–Trinajstić information content (AvgIpc) is 3.58. The minimum atomic E-state index is 0.0190. The van der Waals surface area contributed by atoms with Gasteiger partial charge in [-0.05, 0) is 48.7 Å². The van der Waals surface area contributed by atoms with Crippen LogP contribution in [0.1, 0.15) is 28.8 Å². The molecule has 1 saturated carbocycles. The Morgan fingerprint density at radius 1 is 0.966 bits per heavy atom. The van der Waals surface area contributed by atoms with Crippen molar-refractivity contribution in [2.75, 3.05) is 31.5 Å². The topological polar surface area (TPSA) is 52.7 Å². The molecule has 2 fully saturated rings. The van der Waals surface area contributed by atoms with E-state index in [-0.39, 0.29) is 17.7 Å². The highest BCUT2D eigenvalue weighted by molar-refractivity contribution is 6.42. The van der Waals surface area contributed by atoms with Gasteiger partial charge in [0.1, 0.15) is 0 Å². The Morgan fingerprint density at radius 2 is 1.66 bits per heavy atom. The molecule has 4 rings (SSSR count). The lowest BCUT2D eigenvalue weighted by molar-refractivity contribution is -0.117. The van der Waals surface area contributed by atoms with E-state index in [2.05, 4.69) is 10.2 Å². The zero-order chi connectivity index (χ0) is 20.4. The largest absolute Gasteiger partial charge is 0.336 e. The van der Waals surface area contributed by atoms with Crippen LogP contribution >= 0.6 is 23.2 Å². The number of hydrogen-bond acceptors (Lipinski definition) is 3. The first-order valence-electron chi connectivity index (χ1n) is 9.87. The number of carbonyl (C=O) groups excluding carboxylic acids is 2. The summed E-state index contributed by atoms with van der Waals surface area (Å²) in [6, 6.07) is 12.8. The zero-order valence-electron chi connectivity index (χ0n) is 16.0. The maximum atomic E-state index is 12.8. The van der Waals surface area contributed by atoms with Gasteiger partial charge in [-0.1, -0.05) is 35.3 Å². The van der Waals surface area contributed by atoms with Gasteiger partial charge in [-0.25, -0.2) is 0 Å². The second-order valence-electron chi connectivity index (χ2n) is 7.62. The van der Waals surface area contributed by atoms with E-state index >= 15 is 0 Å². The highest BCUT2D eigenvalue weighted by atomic mass is 35.5. The summed E-state index contributed by atoms with van der Waals surface area (Å²) in [5.41, 5.74) is 2.38. The predicted octanol–water partition coefficient (Wildman–Crippen LogP) is 4.30. The third-order valence-electron chi connectivity index (χ3n) is 5.43. The van der Waals surface area contributed by atoms with E-state index in [1.807, 2.05) is 17.0 Å². The van der Waals surface area contributed by atoms with Crippen molar-refractivity contribution in [3.05, 3.63) is 63.6 Å². The number of nitrogens with zero attached hydrogens (tertiary/aromatic N) is 2. The van der Waals surface area contributed by atoms with E-state index in [4.69, 9.17) is 23.2 Å². The van der Waals surface area contributed by atoms with E-state index < -0.39 is 0 Å². The van der Waals surface area contributed by atoms with Gasteiger partial charge in [0.05, 0.1) is 10.0 Å². The molecule has 1 heterocycles. The standard InChI is InChI=1S/C22H23Cl2N3O2/c23-19-3-1-2-17(20(19)24)14-26-10-12-27(13-11-26)22(29)16-6-8-18(9-7-16)25-21(28)15-4-5-15/h1-3,6-9,15H,4-5,10-14H2,(H,25,28). The molecule has 29 heavy (non-hydrogen) atoms. The fourth-order valence-electron chi connectivity index (χ4n) is 3.49. The molecule has 5 nitrogen and oxygen atoms in total. The molecule has 0 unspecified atom stereocenters. The van der Waals surface area contributed by atoms with E-state index in [0.717, 1.165) is 43.7 Å². The van der Waals surface area contributed by atoms with Crippen molar-refractivity contribution in [1.29, 1.82) is 0 Å². The smallest absolute Gasteiger partial charge is 0.253 e. The third kappa shape index (κ3) is 4.92. The number of nitrogens with one attached hydrogen (secondary N) is 1. The molecule has 152 valence electrons. The highest BCUT2D eigenvalue weighted by Crippen LogP contribution is 2.30. The summed E-state index contributed by atoms with van der Waals surface area (Å²) in [5.74, 6) is 0.250. The van der Waals surface area contributed by atoms with Crippen LogP contribution in [0.2, 0.25) is 10.0 Å². The lowest BCUT2D eigenvalue weighted by Crippen LogP contribution is -2.48. The normalized spacial score (nSPS) is 17.2. The maximum Gasteiger partial charge on any atom is 0.253 e. The molecule has 2 aliphatic rings. The molecule has 1 saturated heterocycles. The molecule has 2 aromatic rings. The SMILES string of the molecule is O=C(Nc1ccc(C(=O)N2CCN(Cc3cccc(Cl)c3Cl)CC2)cc1)C1CC1. The Kier molecular flexibility index (Phi) is 6.09. The molecular formula is C22H23Cl2N3O2. The summed E-state index contributed by atoms with van der Waals surface area (Å²) in [6.07, 6.45) is 1.94. The lowest BCUT2D eigenvalue weighted by Gasteiger charge is -2.35. The molecule has 7 heteroatoms. The molecule has 2 aromatic carbocycles. The Balaban J connectivity index is 1.30. The molecule has 1 aliphatic heterocycles. The van der Waals surface area contributed by atoms with E-state index in [0.29, 0.717) is 28.7 Å². The van der Waals surface area contributed by atoms with Crippen LogP contribution in [0, 0.1) is 5.92 Å². The molecule has 0 spiro atoms. The average molecular weight is 432 g/mol. The van der Waals surface area contributed by atoms with E-state index in [1.54, 1.807) is 30.3 Å². The van der Waals surface area contributed by atoms with Crippen molar-refractivity contribution in [3.8, 4) is 0 Å². The number of anilines is 1. The molecule has 2 amide bonds. The van der Waals surface area contributed by atoms with Crippen LogP contribution in [-0.4, -0.2) is 47.8 Å². The Hall–Kier alpha value is -2.08. The quantitative estimate of drug-likeness (QED) is 0.767. The first kappa shape index (κ1) is 20.2. The summed E-state index contributed by atoms with van der Waals surface area (Å²) >= 11 is 12.4. The van der Waals surface area contributed by atoms with Crippen LogP contribution in [0.25, 0.3) is 0 Å². The second kappa shape index (κ2) is 8.74. The number of carbonyl (C=O) groups is 2. The first-order valence-corrected chi connectivity index (χ1v) is 10.6. The van der Waals surface area contributed by atoms with Crippen LogP contribution in [0.3, 0.4) is 0 Å². The Labute approximate surface area is 180 Å². The lowest BCUT2D eigenvalue weighted by atomic mass is 10.1. The fraction of sp³-hybridized carbons (Fsp3) is 0.364. The second-order valence-corrected chi connectivity index (χ2v) is 8.41. The molecule has 0 radical (unpaired) electrons. The maximum absolute atomic E-state index is 12.8. The summed E-state index contributed by atoms with van der Waals surface area (Å²) < 4.78 is 0. The molecule has 1 aliphatic carbocycles. The van der Waals surface area contributed by atoms with Crippen molar-refractivity contribution in [2.45, 2.75) is 19.4 Å². The van der Waals surface area contributed by atoms with Crippen molar-refractivity contribution in [2.24, 2.45) is 5.92 Å². The van der Waals surface area contributed by atoms with E-state index in [1.165, 1.54) is 0 Å². The molecule has 0 aromatic heterocycles. The minimum Gasteiger partial charge on any atom is -0.336 e. The third-order valence-corrected chi connectivity index (χ3v) is 6.29. The van der Waals surface area contributed by atoms with Crippen LogP contribution in [-0.2, 0) is 11.3 Å².